The summed E-state index contributed by atoms with van der Waals surface area (Å²) in [6.07, 6.45) is -0.110. The first kappa shape index (κ1) is 20.7. The second-order valence-corrected chi connectivity index (χ2v) is 6.41. The summed E-state index contributed by atoms with van der Waals surface area (Å²) in [7, 11) is 6.61. The summed E-state index contributed by atoms with van der Waals surface area (Å²) in [5.74, 6) is -0.0342. The Hall–Kier alpha value is -2.61. The smallest absolute Gasteiger partial charge is 0.261 e. The van der Waals surface area contributed by atoms with Gasteiger partial charge in [-0.25, -0.2) is 4.39 Å². The number of methoxy groups -OCH3 is 1. The van der Waals surface area contributed by atoms with E-state index in [4.69, 9.17) is 14.0 Å². The molecule has 148 valence electrons. The van der Waals surface area contributed by atoms with E-state index in [1.165, 1.54) is 25.3 Å². The molecule has 0 saturated heterocycles. The van der Waals surface area contributed by atoms with Crippen LogP contribution in [0.3, 0.4) is 0 Å². The maximum Gasteiger partial charge on any atom is 0.261 e. The zero-order valence-electron chi connectivity index (χ0n) is 16.6. The lowest BCUT2D eigenvalue weighted by atomic mass is 10.1. The lowest BCUT2D eigenvalue weighted by molar-refractivity contribution is 0.0437. The molecular weight excluding hydrogens is 353 g/mol. The van der Waals surface area contributed by atoms with Gasteiger partial charge < -0.3 is 23.8 Å². The highest BCUT2D eigenvalue weighted by Crippen LogP contribution is 2.34. The standard InChI is InChI=1S/C19H26FN3O4/c1-7-26-12(2)11-23(5)19(24)16-17(27-21-18(16)22(3)4)13-8-9-14(20)15(10-13)25-6/h8-10,12H,7,11H2,1-6H3. The van der Waals surface area contributed by atoms with E-state index in [0.717, 1.165) is 0 Å². The van der Waals surface area contributed by atoms with Gasteiger partial charge in [-0.05, 0) is 32.0 Å². The third-order valence-electron chi connectivity index (χ3n) is 4.05. The van der Waals surface area contributed by atoms with Crippen LogP contribution in [0.2, 0.25) is 0 Å². The number of nitrogens with zero attached hydrogens (tertiary/aromatic N) is 3. The van der Waals surface area contributed by atoms with Crippen LogP contribution in [-0.2, 0) is 4.74 Å². The highest BCUT2D eigenvalue weighted by Gasteiger charge is 2.28. The van der Waals surface area contributed by atoms with E-state index >= 15 is 0 Å². The molecule has 27 heavy (non-hydrogen) atoms. The number of amides is 1. The first-order valence-corrected chi connectivity index (χ1v) is 8.68. The van der Waals surface area contributed by atoms with Gasteiger partial charge in [0.1, 0.15) is 5.56 Å². The molecule has 8 heteroatoms. The van der Waals surface area contributed by atoms with Gasteiger partial charge in [0.2, 0.25) is 0 Å². The number of aromatic nitrogens is 1. The van der Waals surface area contributed by atoms with Crippen molar-refractivity contribution in [1.82, 2.24) is 10.1 Å². The van der Waals surface area contributed by atoms with E-state index in [2.05, 4.69) is 5.16 Å². The Labute approximate surface area is 158 Å². The van der Waals surface area contributed by atoms with Gasteiger partial charge in [-0.15, -0.1) is 0 Å². The third kappa shape index (κ3) is 4.57. The molecule has 1 amide bonds. The number of benzene rings is 1. The highest BCUT2D eigenvalue weighted by molar-refractivity contribution is 6.04. The van der Waals surface area contributed by atoms with Gasteiger partial charge in [-0.2, -0.15) is 0 Å². The Kier molecular flexibility index (Phi) is 6.79. The van der Waals surface area contributed by atoms with Gasteiger partial charge in [0.05, 0.1) is 13.2 Å². The molecule has 0 fully saturated rings. The van der Waals surface area contributed by atoms with Crippen molar-refractivity contribution in [3.63, 3.8) is 0 Å². The van der Waals surface area contributed by atoms with Crippen molar-refractivity contribution in [2.45, 2.75) is 20.0 Å². The number of halogens is 1. The summed E-state index contributed by atoms with van der Waals surface area (Å²) in [5.41, 5.74) is 0.809. The van der Waals surface area contributed by atoms with Crippen LogP contribution in [-0.4, -0.2) is 63.5 Å². The van der Waals surface area contributed by atoms with Crippen LogP contribution < -0.4 is 9.64 Å². The topological polar surface area (TPSA) is 68.0 Å². The van der Waals surface area contributed by atoms with E-state index in [-0.39, 0.29) is 23.5 Å². The molecule has 0 saturated carbocycles. The molecule has 1 atom stereocenters. The van der Waals surface area contributed by atoms with E-state index in [1.54, 1.807) is 30.9 Å². The maximum atomic E-state index is 13.8. The summed E-state index contributed by atoms with van der Waals surface area (Å²) < 4.78 is 29.8. The van der Waals surface area contributed by atoms with Gasteiger partial charge >= 0.3 is 0 Å². The summed E-state index contributed by atoms with van der Waals surface area (Å²) in [4.78, 5) is 16.4. The second-order valence-electron chi connectivity index (χ2n) is 6.41. The van der Waals surface area contributed by atoms with Gasteiger partial charge in [0, 0.05) is 39.9 Å². The Bertz CT molecular complexity index is 791. The first-order valence-electron chi connectivity index (χ1n) is 8.68. The highest BCUT2D eigenvalue weighted by atomic mass is 19.1. The number of likely N-dealkylation sites (N-methyl/N-ethyl adjacent to an activating group) is 1. The molecule has 0 spiro atoms. The SMILES string of the molecule is CCOC(C)CN(C)C(=O)c1c(N(C)C)noc1-c1ccc(F)c(OC)c1. The monoisotopic (exact) mass is 379 g/mol. The molecule has 0 N–H and O–H groups in total. The van der Waals surface area contributed by atoms with E-state index < -0.39 is 5.82 Å². The van der Waals surface area contributed by atoms with E-state index in [9.17, 15) is 9.18 Å². The van der Waals surface area contributed by atoms with Gasteiger partial charge in [-0.3, -0.25) is 4.79 Å². The van der Waals surface area contributed by atoms with Crippen molar-refractivity contribution in [2.75, 3.05) is 46.3 Å². The van der Waals surface area contributed by atoms with Gasteiger partial charge in [-0.1, -0.05) is 5.16 Å². The molecule has 0 radical (unpaired) electrons. The van der Waals surface area contributed by atoms with Crippen molar-refractivity contribution in [3.8, 4) is 17.1 Å². The van der Waals surface area contributed by atoms with Gasteiger partial charge in [0.15, 0.2) is 23.1 Å². The van der Waals surface area contributed by atoms with E-state index in [1.807, 2.05) is 13.8 Å². The van der Waals surface area contributed by atoms with Crippen LogP contribution in [0, 0.1) is 5.82 Å². The number of carbonyl (C=O) groups is 1. The molecule has 0 bridgehead atoms. The van der Waals surface area contributed by atoms with Crippen LogP contribution >= 0.6 is 0 Å². The van der Waals surface area contributed by atoms with Crippen molar-refractivity contribution >= 4 is 11.7 Å². The quantitative estimate of drug-likeness (QED) is 0.702. The normalized spacial score (nSPS) is 12.0. The van der Waals surface area contributed by atoms with Crippen molar-refractivity contribution in [2.24, 2.45) is 0 Å². The van der Waals surface area contributed by atoms with Crippen LogP contribution in [0.5, 0.6) is 5.75 Å². The molecule has 1 unspecified atom stereocenters. The predicted octanol–water partition coefficient (Wildman–Crippen LogP) is 3.05. The number of rotatable bonds is 8. The number of hydrogen-bond acceptors (Lipinski definition) is 6. The molecule has 0 aliphatic carbocycles. The van der Waals surface area contributed by atoms with Crippen LogP contribution in [0.25, 0.3) is 11.3 Å². The summed E-state index contributed by atoms with van der Waals surface area (Å²) in [5, 5.41) is 4.03. The summed E-state index contributed by atoms with van der Waals surface area (Å²) in [6, 6.07) is 4.27. The lowest BCUT2D eigenvalue weighted by Crippen LogP contribution is -2.35. The fourth-order valence-electron chi connectivity index (χ4n) is 2.77. The number of hydrogen-bond donors (Lipinski definition) is 0. The maximum absolute atomic E-state index is 13.8. The van der Waals surface area contributed by atoms with E-state index in [0.29, 0.717) is 30.1 Å². The predicted molar refractivity (Wildman–Crippen MR) is 101 cm³/mol. The fraction of sp³-hybridized carbons (Fsp3) is 0.474. The Morgan fingerprint density at radius 2 is 2.04 bits per heavy atom. The van der Waals surface area contributed by atoms with Crippen LogP contribution in [0.15, 0.2) is 22.7 Å². The number of anilines is 1. The molecule has 1 heterocycles. The van der Waals surface area contributed by atoms with Crippen LogP contribution in [0.1, 0.15) is 24.2 Å². The fourth-order valence-corrected chi connectivity index (χ4v) is 2.77. The Balaban J connectivity index is 2.45. The lowest BCUT2D eigenvalue weighted by Gasteiger charge is -2.22. The molecular formula is C19H26FN3O4. The Morgan fingerprint density at radius 3 is 2.63 bits per heavy atom. The Morgan fingerprint density at radius 1 is 1.33 bits per heavy atom. The second kappa shape index (κ2) is 8.85. The average molecular weight is 379 g/mol. The molecule has 0 aliphatic heterocycles. The van der Waals surface area contributed by atoms with Gasteiger partial charge in [0.25, 0.3) is 5.91 Å². The molecule has 1 aromatic carbocycles. The molecule has 2 rings (SSSR count). The van der Waals surface area contributed by atoms with Crippen molar-refractivity contribution in [3.05, 3.63) is 29.6 Å². The molecule has 2 aromatic rings. The number of carbonyl (C=O) groups excluding carboxylic acids is 1. The number of ether oxygens (including phenoxy) is 2. The average Bonchev–Trinajstić information content (AvgIpc) is 3.06. The first-order chi connectivity index (χ1) is 12.8. The van der Waals surface area contributed by atoms with Crippen LogP contribution in [0.4, 0.5) is 10.2 Å². The molecule has 0 aliphatic rings. The minimum absolute atomic E-state index is 0.0621. The van der Waals surface area contributed by atoms with Crippen molar-refractivity contribution in [1.29, 1.82) is 0 Å². The largest absolute Gasteiger partial charge is 0.494 e. The zero-order chi connectivity index (χ0) is 20.1. The minimum Gasteiger partial charge on any atom is -0.494 e. The molecule has 7 nitrogen and oxygen atoms in total. The summed E-state index contributed by atoms with van der Waals surface area (Å²) in [6.45, 7) is 4.79. The molecule has 1 aromatic heterocycles. The minimum atomic E-state index is -0.496. The zero-order valence-corrected chi connectivity index (χ0v) is 16.6. The summed E-state index contributed by atoms with van der Waals surface area (Å²) >= 11 is 0. The van der Waals surface area contributed by atoms with Crippen molar-refractivity contribution < 1.29 is 23.2 Å². The third-order valence-corrected chi connectivity index (χ3v) is 4.05.